The highest BCUT2D eigenvalue weighted by Crippen LogP contribution is 2.31. The Hall–Kier alpha value is -0.770. The molecule has 4 nitrogen and oxygen atoms in total. The summed E-state index contributed by atoms with van der Waals surface area (Å²) < 4.78 is 6.24. The Balaban J connectivity index is 1.89. The van der Waals surface area contributed by atoms with Crippen molar-refractivity contribution >= 4 is 5.96 Å². The van der Waals surface area contributed by atoms with Crippen LogP contribution in [0.25, 0.3) is 0 Å². The lowest BCUT2D eigenvalue weighted by Crippen LogP contribution is -2.50. The Labute approximate surface area is 124 Å². The number of hydrogen-bond donors (Lipinski definition) is 1. The molecule has 1 heterocycles. The molecule has 0 radical (unpaired) electrons. The fourth-order valence-electron chi connectivity index (χ4n) is 3.39. The first-order valence-electron chi connectivity index (χ1n) is 8.39. The molecule has 0 atom stereocenters. The zero-order chi connectivity index (χ0) is 14.3. The maximum Gasteiger partial charge on any atom is 0.193 e. The summed E-state index contributed by atoms with van der Waals surface area (Å²) in [4.78, 5) is 6.81. The topological polar surface area (TPSA) is 36.9 Å². The molecule has 1 aliphatic carbocycles. The molecule has 1 aliphatic heterocycles. The molecule has 0 aromatic carbocycles. The van der Waals surface area contributed by atoms with Crippen LogP contribution in [-0.2, 0) is 4.74 Å². The first kappa shape index (κ1) is 15.6. The minimum absolute atomic E-state index is 0.0456. The van der Waals surface area contributed by atoms with E-state index in [9.17, 15) is 0 Å². The van der Waals surface area contributed by atoms with Gasteiger partial charge in [0.2, 0.25) is 0 Å². The van der Waals surface area contributed by atoms with Crippen molar-refractivity contribution in [2.75, 3.05) is 33.3 Å². The summed E-state index contributed by atoms with van der Waals surface area (Å²) in [5.74, 6) is 1.06. The first-order chi connectivity index (χ1) is 9.79. The Morgan fingerprint density at radius 3 is 2.45 bits per heavy atom. The number of nitrogens with zero attached hydrogens (tertiary/aromatic N) is 2. The number of aliphatic imine (C=N–C) groups is 1. The molecule has 4 heteroatoms. The predicted molar refractivity (Wildman–Crippen MR) is 84.2 cm³/mol. The zero-order valence-corrected chi connectivity index (χ0v) is 13.3. The van der Waals surface area contributed by atoms with Gasteiger partial charge in [0.25, 0.3) is 0 Å². The van der Waals surface area contributed by atoms with Crippen molar-refractivity contribution in [3.8, 4) is 0 Å². The van der Waals surface area contributed by atoms with Gasteiger partial charge in [0, 0.05) is 33.3 Å². The Kier molecular flexibility index (Phi) is 6.14. The van der Waals surface area contributed by atoms with Crippen LogP contribution in [0.5, 0.6) is 0 Å². The molecule has 2 aliphatic rings. The van der Waals surface area contributed by atoms with E-state index in [0.717, 1.165) is 38.6 Å². The number of rotatable bonds is 5. The second-order valence-electron chi connectivity index (χ2n) is 6.19. The van der Waals surface area contributed by atoms with Crippen LogP contribution in [0.2, 0.25) is 0 Å². The highest BCUT2D eigenvalue weighted by Gasteiger charge is 2.33. The van der Waals surface area contributed by atoms with Gasteiger partial charge in [0.05, 0.1) is 5.60 Å². The van der Waals surface area contributed by atoms with E-state index in [-0.39, 0.29) is 5.60 Å². The van der Waals surface area contributed by atoms with Crippen molar-refractivity contribution in [1.29, 1.82) is 0 Å². The predicted octanol–water partition coefficient (Wildman–Crippen LogP) is 2.79. The molecule has 0 unspecified atom stereocenters. The van der Waals surface area contributed by atoms with Crippen LogP contribution in [0.1, 0.15) is 58.3 Å². The van der Waals surface area contributed by atoms with Crippen LogP contribution in [0.3, 0.4) is 0 Å². The average molecular weight is 281 g/mol. The fraction of sp³-hybridized carbons (Fsp3) is 0.938. The summed E-state index contributed by atoms with van der Waals surface area (Å²) in [7, 11) is 1.89. The molecule has 0 bridgehead atoms. The molecule has 0 spiro atoms. The van der Waals surface area contributed by atoms with Gasteiger partial charge in [-0.1, -0.05) is 26.2 Å². The second-order valence-corrected chi connectivity index (χ2v) is 6.19. The van der Waals surface area contributed by atoms with Crippen LogP contribution >= 0.6 is 0 Å². The van der Waals surface area contributed by atoms with Gasteiger partial charge in [0.1, 0.15) is 0 Å². The number of hydrogen-bond acceptors (Lipinski definition) is 2. The lowest BCUT2D eigenvalue weighted by molar-refractivity contribution is -0.0659. The van der Waals surface area contributed by atoms with Gasteiger partial charge in [-0.25, -0.2) is 0 Å². The number of guanidine groups is 1. The van der Waals surface area contributed by atoms with Gasteiger partial charge in [0.15, 0.2) is 5.96 Å². The van der Waals surface area contributed by atoms with Crippen molar-refractivity contribution in [2.45, 2.75) is 63.9 Å². The third kappa shape index (κ3) is 4.11. The lowest BCUT2D eigenvalue weighted by atomic mass is 9.84. The van der Waals surface area contributed by atoms with E-state index >= 15 is 0 Å². The van der Waals surface area contributed by atoms with E-state index < -0.39 is 0 Å². The number of likely N-dealkylation sites (tertiary alicyclic amines) is 1. The van der Waals surface area contributed by atoms with Crippen molar-refractivity contribution in [2.24, 2.45) is 4.99 Å². The summed E-state index contributed by atoms with van der Waals surface area (Å²) in [6, 6.07) is 0. The van der Waals surface area contributed by atoms with Gasteiger partial charge in [-0.3, -0.25) is 4.99 Å². The molecule has 20 heavy (non-hydrogen) atoms. The van der Waals surface area contributed by atoms with Crippen LogP contribution in [0, 0.1) is 0 Å². The molecule has 116 valence electrons. The lowest BCUT2D eigenvalue weighted by Gasteiger charge is -2.38. The standard InChI is InChI=1S/C16H31N3O/c1-3-13-20-16(9-5-4-6-10-16)14-18-15(17-2)19-11-7-8-12-19/h3-14H2,1-2H3,(H,17,18). The third-order valence-electron chi connectivity index (χ3n) is 4.56. The highest BCUT2D eigenvalue weighted by molar-refractivity contribution is 5.80. The summed E-state index contributed by atoms with van der Waals surface area (Å²) in [5, 5.41) is 3.58. The van der Waals surface area contributed by atoms with Gasteiger partial charge in [-0.15, -0.1) is 0 Å². The van der Waals surface area contributed by atoms with E-state index in [0.29, 0.717) is 0 Å². The summed E-state index contributed by atoms with van der Waals surface area (Å²) in [6.45, 7) is 6.26. The van der Waals surface area contributed by atoms with Crippen molar-refractivity contribution in [1.82, 2.24) is 10.2 Å². The fourth-order valence-corrected chi connectivity index (χ4v) is 3.39. The molecule has 0 aromatic rings. The molecule has 1 N–H and O–H groups in total. The van der Waals surface area contributed by atoms with Gasteiger partial charge in [-0.2, -0.15) is 0 Å². The van der Waals surface area contributed by atoms with E-state index in [2.05, 4.69) is 22.1 Å². The van der Waals surface area contributed by atoms with Gasteiger partial charge >= 0.3 is 0 Å². The van der Waals surface area contributed by atoms with Crippen LogP contribution in [0.4, 0.5) is 0 Å². The van der Waals surface area contributed by atoms with E-state index in [1.54, 1.807) is 0 Å². The van der Waals surface area contributed by atoms with E-state index in [1.165, 1.54) is 44.9 Å². The Morgan fingerprint density at radius 1 is 1.15 bits per heavy atom. The maximum atomic E-state index is 6.24. The summed E-state index contributed by atoms with van der Waals surface area (Å²) in [5.41, 5.74) is 0.0456. The summed E-state index contributed by atoms with van der Waals surface area (Å²) in [6.07, 6.45) is 10.0. The van der Waals surface area contributed by atoms with Crippen molar-refractivity contribution < 1.29 is 4.74 Å². The number of nitrogens with one attached hydrogen (secondary N) is 1. The molecular weight excluding hydrogens is 250 g/mol. The molecular formula is C16H31N3O. The number of ether oxygens (including phenoxy) is 1. The third-order valence-corrected chi connectivity index (χ3v) is 4.56. The molecule has 2 fully saturated rings. The second kappa shape index (κ2) is 7.87. The highest BCUT2D eigenvalue weighted by atomic mass is 16.5. The smallest absolute Gasteiger partial charge is 0.193 e. The van der Waals surface area contributed by atoms with Crippen LogP contribution in [0.15, 0.2) is 4.99 Å². The van der Waals surface area contributed by atoms with E-state index in [1.807, 2.05) is 7.05 Å². The minimum atomic E-state index is 0.0456. The first-order valence-corrected chi connectivity index (χ1v) is 8.39. The maximum absolute atomic E-state index is 6.24. The zero-order valence-electron chi connectivity index (χ0n) is 13.3. The molecule has 0 amide bonds. The monoisotopic (exact) mass is 281 g/mol. The normalized spacial score (nSPS) is 23.1. The van der Waals surface area contributed by atoms with Crippen LogP contribution in [-0.4, -0.2) is 49.7 Å². The van der Waals surface area contributed by atoms with Crippen molar-refractivity contribution in [3.05, 3.63) is 0 Å². The SMILES string of the molecule is CCCOC1(CNC(=NC)N2CCCC2)CCCCC1. The minimum Gasteiger partial charge on any atom is -0.373 e. The Morgan fingerprint density at radius 2 is 1.85 bits per heavy atom. The average Bonchev–Trinajstić information content (AvgIpc) is 3.01. The van der Waals surface area contributed by atoms with Crippen LogP contribution < -0.4 is 5.32 Å². The Bertz CT molecular complexity index is 305. The van der Waals surface area contributed by atoms with Gasteiger partial charge < -0.3 is 15.0 Å². The van der Waals surface area contributed by atoms with E-state index in [4.69, 9.17) is 4.74 Å². The molecule has 1 saturated heterocycles. The molecule has 0 aromatic heterocycles. The molecule has 2 rings (SSSR count). The molecule has 1 saturated carbocycles. The van der Waals surface area contributed by atoms with Crippen molar-refractivity contribution in [3.63, 3.8) is 0 Å². The van der Waals surface area contributed by atoms with Gasteiger partial charge in [-0.05, 0) is 32.1 Å². The largest absolute Gasteiger partial charge is 0.373 e. The quantitative estimate of drug-likeness (QED) is 0.622. The summed E-state index contributed by atoms with van der Waals surface area (Å²) >= 11 is 0.